The highest BCUT2D eigenvalue weighted by Gasteiger charge is 2.37. The van der Waals surface area contributed by atoms with E-state index in [0.717, 1.165) is 11.1 Å². The van der Waals surface area contributed by atoms with Crippen LogP contribution in [0.25, 0.3) is 0 Å². The lowest BCUT2D eigenvalue weighted by Crippen LogP contribution is -2.27. The number of hydrogen-bond acceptors (Lipinski definition) is 4. The second-order valence-corrected chi connectivity index (χ2v) is 6.85. The smallest absolute Gasteiger partial charge is 0.316 e. The maximum absolute atomic E-state index is 12.6. The summed E-state index contributed by atoms with van der Waals surface area (Å²) >= 11 is 6.05. The predicted octanol–water partition coefficient (Wildman–Crippen LogP) is 3.92. The molecule has 1 amide bonds. The summed E-state index contributed by atoms with van der Waals surface area (Å²) < 4.78 is 10.9. The summed E-state index contributed by atoms with van der Waals surface area (Å²) in [5, 5.41) is 0.495. The topological polar surface area (TPSA) is 55.8 Å². The highest BCUT2D eigenvalue weighted by atomic mass is 35.5. The fraction of sp³-hybridized carbons (Fsp3) is 0.300. The highest BCUT2D eigenvalue weighted by molar-refractivity contribution is 6.31. The number of methoxy groups -OCH3 is 1. The van der Waals surface area contributed by atoms with Crippen molar-refractivity contribution in [3.63, 3.8) is 0 Å². The van der Waals surface area contributed by atoms with Gasteiger partial charge in [-0.05, 0) is 49.2 Å². The number of hydrogen-bond donors (Lipinski definition) is 0. The number of carbonyl (C=O) groups is 2. The molecule has 0 spiro atoms. The number of amides is 1. The van der Waals surface area contributed by atoms with Gasteiger partial charge in [-0.2, -0.15) is 0 Å². The summed E-state index contributed by atoms with van der Waals surface area (Å²) in [7, 11) is 1.53. The molecule has 26 heavy (non-hydrogen) atoms. The van der Waals surface area contributed by atoms with E-state index in [1.807, 2.05) is 32.0 Å². The minimum absolute atomic E-state index is 0.0966. The Balaban J connectivity index is 1.78. The predicted molar refractivity (Wildman–Crippen MR) is 100 cm³/mol. The SMILES string of the molecule is COc1ccc(Cl)cc1N1C[C@H](C(=O)Oc2cc(C)ccc2C)CC1=O. The summed E-state index contributed by atoms with van der Waals surface area (Å²) in [6, 6.07) is 10.7. The summed E-state index contributed by atoms with van der Waals surface area (Å²) in [6.07, 6.45) is 0.0966. The molecule has 1 fully saturated rings. The molecule has 0 radical (unpaired) electrons. The number of carbonyl (C=O) groups excluding carboxylic acids is 2. The minimum atomic E-state index is -0.536. The molecular formula is C20H20ClNO4. The fourth-order valence-electron chi connectivity index (χ4n) is 2.98. The Morgan fingerprint density at radius 2 is 1.92 bits per heavy atom. The number of anilines is 1. The van der Waals surface area contributed by atoms with E-state index in [0.29, 0.717) is 22.2 Å². The molecule has 0 unspecified atom stereocenters. The third kappa shape index (κ3) is 3.68. The van der Waals surface area contributed by atoms with Crippen molar-refractivity contribution < 1.29 is 19.1 Å². The Morgan fingerprint density at radius 3 is 2.65 bits per heavy atom. The Morgan fingerprint density at radius 1 is 1.15 bits per heavy atom. The summed E-state index contributed by atoms with van der Waals surface area (Å²) in [4.78, 5) is 26.6. The van der Waals surface area contributed by atoms with Crippen LogP contribution in [0, 0.1) is 19.8 Å². The number of benzene rings is 2. The molecule has 1 heterocycles. The Hall–Kier alpha value is -2.53. The average Bonchev–Trinajstić information content (AvgIpc) is 3.00. The molecule has 2 aromatic rings. The van der Waals surface area contributed by atoms with Crippen molar-refractivity contribution in [2.75, 3.05) is 18.6 Å². The lowest BCUT2D eigenvalue weighted by Gasteiger charge is -2.19. The number of rotatable bonds is 4. The van der Waals surface area contributed by atoms with Crippen molar-refractivity contribution in [1.82, 2.24) is 0 Å². The van der Waals surface area contributed by atoms with Gasteiger partial charge in [-0.1, -0.05) is 23.7 Å². The molecule has 3 rings (SSSR count). The van der Waals surface area contributed by atoms with E-state index in [1.54, 1.807) is 18.2 Å². The molecule has 0 aliphatic carbocycles. The van der Waals surface area contributed by atoms with Gasteiger partial charge in [0, 0.05) is 18.0 Å². The van der Waals surface area contributed by atoms with Crippen LogP contribution >= 0.6 is 11.6 Å². The van der Waals surface area contributed by atoms with Gasteiger partial charge in [0.1, 0.15) is 11.5 Å². The molecular weight excluding hydrogens is 354 g/mol. The van der Waals surface area contributed by atoms with Crippen molar-refractivity contribution in [3.05, 3.63) is 52.5 Å². The van der Waals surface area contributed by atoms with Gasteiger partial charge in [0.15, 0.2) is 0 Å². The van der Waals surface area contributed by atoms with E-state index >= 15 is 0 Å². The van der Waals surface area contributed by atoms with Crippen LogP contribution in [0.1, 0.15) is 17.5 Å². The van der Waals surface area contributed by atoms with Crippen LogP contribution < -0.4 is 14.4 Å². The van der Waals surface area contributed by atoms with E-state index in [9.17, 15) is 9.59 Å². The molecule has 1 saturated heterocycles. The van der Waals surface area contributed by atoms with E-state index in [1.165, 1.54) is 12.0 Å². The van der Waals surface area contributed by atoms with Crippen LogP contribution in [-0.4, -0.2) is 25.5 Å². The van der Waals surface area contributed by atoms with Crippen molar-refractivity contribution >= 4 is 29.2 Å². The molecule has 1 aliphatic heterocycles. The van der Waals surface area contributed by atoms with Gasteiger partial charge in [0.2, 0.25) is 5.91 Å². The summed E-state index contributed by atoms with van der Waals surface area (Å²) in [5.41, 5.74) is 2.44. The first-order chi connectivity index (χ1) is 12.4. The number of esters is 1. The molecule has 0 saturated carbocycles. The molecule has 6 heteroatoms. The second-order valence-electron chi connectivity index (χ2n) is 6.41. The van der Waals surface area contributed by atoms with Crippen molar-refractivity contribution in [2.24, 2.45) is 5.92 Å². The monoisotopic (exact) mass is 373 g/mol. The average molecular weight is 374 g/mol. The van der Waals surface area contributed by atoms with Gasteiger partial charge >= 0.3 is 5.97 Å². The number of aryl methyl sites for hydroxylation is 2. The van der Waals surface area contributed by atoms with E-state index < -0.39 is 11.9 Å². The Labute approximate surface area is 157 Å². The number of nitrogens with zero attached hydrogens (tertiary/aromatic N) is 1. The second kappa shape index (κ2) is 7.38. The number of halogens is 1. The van der Waals surface area contributed by atoms with Crippen LogP contribution in [0.2, 0.25) is 5.02 Å². The number of ether oxygens (including phenoxy) is 2. The Kier molecular flexibility index (Phi) is 5.18. The van der Waals surface area contributed by atoms with Gasteiger partial charge in [-0.25, -0.2) is 0 Å². The first-order valence-electron chi connectivity index (χ1n) is 8.32. The molecule has 136 valence electrons. The molecule has 2 aromatic carbocycles. The van der Waals surface area contributed by atoms with Crippen molar-refractivity contribution in [2.45, 2.75) is 20.3 Å². The van der Waals surface area contributed by atoms with Gasteiger partial charge in [-0.15, -0.1) is 0 Å². The normalized spacial score (nSPS) is 16.7. The van der Waals surface area contributed by atoms with Crippen molar-refractivity contribution in [3.8, 4) is 11.5 Å². The summed E-state index contributed by atoms with van der Waals surface area (Å²) in [5.74, 6) is -0.0392. The van der Waals surface area contributed by atoms with E-state index in [-0.39, 0.29) is 18.9 Å². The Bertz CT molecular complexity index is 865. The molecule has 1 atom stereocenters. The lowest BCUT2D eigenvalue weighted by atomic mass is 10.1. The third-order valence-corrected chi connectivity index (χ3v) is 4.68. The zero-order valence-electron chi connectivity index (χ0n) is 14.9. The van der Waals surface area contributed by atoms with Crippen LogP contribution in [0.3, 0.4) is 0 Å². The maximum Gasteiger partial charge on any atom is 0.316 e. The molecule has 0 N–H and O–H groups in total. The zero-order chi connectivity index (χ0) is 18.8. The van der Waals surface area contributed by atoms with Crippen LogP contribution in [0.4, 0.5) is 5.69 Å². The summed E-state index contributed by atoms with van der Waals surface area (Å²) in [6.45, 7) is 4.05. The van der Waals surface area contributed by atoms with Crippen LogP contribution in [-0.2, 0) is 9.59 Å². The largest absolute Gasteiger partial charge is 0.495 e. The molecule has 0 aromatic heterocycles. The molecule has 0 bridgehead atoms. The van der Waals surface area contributed by atoms with Gasteiger partial charge in [0.05, 0.1) is 18.7 Å². The quantitative estimate of drug-likeness (QED) is 0.602. The molecule has 5 nitrogen and oxygen atoms in total. The lowest BCUT2D eigenvalue weighted by molar-refractivity contribution is -0.139. The van der Waals surface area contributed by atoms with Crippen LogP contribution in [0.5, 0.6) is 11.5 Å². The zero-order valence-corrected chi connectivity index (χ0v) is 15.7. The minimum Gasteiger partial charge on any atom is -0.495 e. The van der Waals surface area contributed by atoms with Gasteiger partial charge < -0.3 is 14.4 Å². The first-order valence-corrected chi connectivity index (χ1v) is 8.69. The molecule has 1 aliphatic rings. The first kappa shape index (κ1) is 18.3. The standard InChI is InChI=1S/C20H20ClNO4/c1-12-4-5-13(2)18(8-12)26-20(24)14-9-19(23)22(11-14)16-10-15(21)6-7-17(16)25-3/h4-8,10,14H,9,11H2,1-3H3/t14-/m1/s1. The van der Waals surface area contributed by atoms with Gasteiger partial charge in [-0.3, -0.25) is 9.59 Å². The van der Waals surface area contributed by atoms with E-state index in [4.69, 9.17) is 21.1 Å². The van der Waals surface area contributed by atoms with Crippen LogP contribution in [0.15, 0.2) is 36.4 Å². The maximum atomic E-state index is 12.6. The van der Waals surface area contributed by atoms with E-state index in [2.05, 4.69) is 0 Å². The highest BCUT2D eigenvalue weighted by Crippen LogP contribution is 2.35. The van der Waals surface area contributed by atoms with Crippen molar-refractivity contribution in [1.29, 1.82) is 0 Å². The van der Waals surface area contributed by atoms with Gasteiger partial charge in [0.25, 0.3) is 0 Å². The third-order valence-electron chi connectivity index (χ3n) is 4.44. The fourth-order valence-corrected chi connectivity index (χ4v) is 3.15.